The molecule has 0 fully saturated rings. The molecule has 24 heavy (non-hydrogen) atoms. The molecule has 1 heterocycles. The third kappa shape index (κ3) is 4.32. The van der Waals surface area contributed by atoms with Crippen LogP contribution in [0.4, 0.5) is 5.69 Å². The maximum Gasteiger partial charge on any atom is 0.227 e. The molecular formula is C18H18ClNO4. The Bertz CT molecular complexity index is 706. The van der Waals surface area contributed by atoms with E-state index >= 15 is 0 Å². The fraction of sp³-hybridized carbons (Fsp3) is 0.278. The van der Waals surface area contributed by atoms with E-state index in [4.69, 9.17) is 25.8 Å². The Kier molecular flexibility index (Phi) is 5.43. The van der Waals surface area contributed by atoms with Gasteiger partial charge in [0, 0.05) is 18.6 Å². The molecule has 0 aromatic heterocycles. The van der Waals surface area contributed by atoms with E-state index in [-0.39, 0.29) is 18.9 Å². The minimum Gasteiger partial charge on any atom is -0.493 e. The van der Waals surface area contributed by atoms with E-state index in [1.165, 1.54) is 0 Å². The number of carbonyl (C=O) groups is 1. The highest BCUT2D eigenvalue weighted by molar-refractivity contribution is 6.34. The van der Waals surface area contributed by atoms with Gasteiger partial charge in [-0.3, -0.25) is 4.79 Å². The molecule has 126 valence electrons. The van der Waals surface area contributed by atoms with Crippen LogP contribution in [0.1, 0.15) is 12.8 Å². The fourth-order valence-electron chi connectivity index (χ4n) is 2.27. The predicted octanol–water partition coefficient (Wildman–Crippen LogP) is 3.91. The normalized spacial score (nSPS) is 13.0. The topological polar surface area (TPSA) is 56.8 Å². The number of benzene rings is 2. The largest absolute Gasteiger partial charge is 0.493 e. The van der Waals surface area contributed by atoms with Crippen molar-refractivity contribution < 1.29 is 19.0 Å². The summed E-state index contributed by atoms with van der Waals surface area (Å²) in [5.41, 5.74) is 0.505. The molecule has 0 radical (unpaired) electrons. The van der Waals surface area contributed by atoms with Crippen molar-refractivity contribution in [3.8, 4) is 17.2 Å². The Hall–Kier alpha value is -2.40. The zero-order valence-electron chi connectivity index (χ0n) is 13.1. The Balaban J connectivity index is 1.57. The number of para-hydroxylation sites is 1. The van der Waals surface area contributed by atoms with E-state index in [0.717, 1.165) is 12.2 Å². The zero-order chi connectivity index (χ0) is 16.8. The number of nitrogens with one attached hydrogen (secondary N) is 1. The highest BCUT2D eigenvalue weighted by Crippen LogP contribution is 2.37. The lowest BCUT2D eigenvalue weighted by atomic mass is 10.2. The van der Waals surface area contributed by atoms with E-state index in [2.05, 4.69) is 5.32 Å². The van der Waals surface area contributed by atoms with Crippen molar-refractivity contribution in [1.29, 1.82) is 0 Å². The van der Waals surface area contributed by atoms with Gasteiger partial charge in [0.1, 0.15) is 5.75 Å². The van der Waals surface area contributed by atoms with Crippen molar-refractivity contribution in [1.82, 2.24) is 0 Å². The Labute approximate surface area is 145 Å². The monoisotopic (exact) mass is 347 g/mol. The molecule has 0 saturated carbocycles. The average molecular weight is 348 g/mol. The summed E-state index contributed by atoms with van der Waals surface area (Å²) in [7, 11) is 0. The molecule has 1 aliphatic heterocycles. The molecular weight excluding hydrogens is 330 g/mol. The standard InChI is InChI=1S/C18H18ClNO4/c19-14-11-16-17(24-9-4-8-23-16)12-15(14)20-18(21)7-10-22-13-5-2-1-3-6-13/h1-3,5-6,11-12H,4,7-10H2,(H,20,21). The van der Waals surface area contributed by atoms with Gasteiger partial charge < -0.3 is 19.5 Å². The van der Waals surface area contributed by atoms with Crippen molar-refractivity contribution >= 4 is 23.2 Å². The van der Waals surface area contributed by atoms with E-state index in [9.17, 15) is 4.79 Å². The van der Waals surface area contributed by atoms with Crippen LogP contribution in [-0.4, -0.2) is 25.7 Å². The van der Waals surface area contributed by atoms with Gasteiger partial charge in [0.25, 0.3) is 0 Å². The van der Waals surface area contributed by atoms with Crippen molar-refractivity contribution in [3.63, 3.8) is 0 Å². The number of carbonyl (C=O) groups excluding carboxylic acids is 1. The minimum absolute atomic E-state index is 0.178. The van der Waals surface area contributed by atoms with Crippen molar-refractivity contribution in [2.45, 2.75) is 12.8 Å². The maximum absolute atomic E-state index is 12.1. The van der Waals surface area contributed by atoms with Crippen LogP contribution in [0.15, 0.2) is 42.5 Å². The van der Waals surface area contributed by atoms with Crippen LogP contribution in [0.5, 0.6) is 17.2 Å². The van der Waals surface area contributed by atoms with Crippen molar-refractivity contribution in [3.05, 3.63) is 47.5 Å². The highest BCUT2D eigenvalue weighted by Gasteiger charge is 2.15. The molecule has 0 atom stereocenters. The number of rotatable bonds is 5. The number of hydrogen-bond acceptors (Lipinski definition) is 4. The van der Waals surface area contributed by atoms with E-state index < -0.39 is 0 Å². The third-order valence-electron chi connectivity index (χ3n) is 3.45. The van der Waals surface area contributed by atoms with E-state index in [1.54, 1.807) is 12.1 Å². The summed E-state index contributed by atoms with van der Waals surface area (Å²) in [6, 6.07) is 12.7. The molecule has 1 N–H and O–H groups in total. The highest BCUT2D eigenvalue weighted by atomic mass is 35.5. The number of hydrogen-bond donors (Lipinski definition) is 1. The zero-order valence-corrected chi connectivity index (χ0v) is 13.8. The first-order valence-corrected chi connectivity index (χ1v) is 8.17. The summed E-state index contributed by atoms with van der Waals surface area (Å²) < 4.78 is 16.7. The second-order valence-electron chi connectivity index (χ2n) is 5.29. The van der Waals surface area contributed by atoms with Crippen LogP contribution in [0.25, 0.3) is 0 Å². The molecule has 0 spiro atoms. The van der Waals surface area contributed by atoms with Crippen molar-refractivity contribution in [2.24, 2.45) is 0 Å². The fourth-order valence-corrected chi connectivity index (χ4v) is 2.47. The summed E-state index contributed by atoms with van der Waals surface area (Å²) in [5, 5.41) is 3.19. The second kappa shape index (κ2) is 7.93. The van der Waals surface area contributed by atoms with Crippen molar-refractivity contribution in [2.75, 3.05) is 25.1 Å². The molecule has 2 aromatic carbocycles. The Morgan fingerprint density at radius 3 is 2.58 bits per heavy atom. The van der Waals surface area contributed by atoms with Gasteiger partial charge in [-0.25, -0.2) is 0 Å². The first-order valence-electron chi connectivity index (χ1n) is 7.79. The molecule has 5 nitrogen and oxygen atoms in total. The molecule has 6 heteroatoms. The van der Waals surface area contributed by atoms with Gasteiger partial charge in [-0.1, -0.05) is 29.8 Å². The first-order chi connectivity index (χ1) is 11.7. The van der Waals surface area contributed by atoms with E-state index in [1.807, 2.05) is 30.3 Å². The summed E-state index contributed by atoms with van der Waals surface area (Å²) in [6.07, 6.45) is 1.03. The van der Waals surface area contributed by atoms with Gasteiger partial charge >= 0.3 is 0 Å². The third-order valence-corrected chi connectivity index (χ3v) is 3.77. The van der Waals surface area contributed by atoms with E-state index in [0.29, 0.717) is 35.4 Å². The predicted molar refractivity (Wildman–Crippen MR) is 92.2 cm³/mol. The van der Waals surface area contributed by atoms with Gasteiger partial charge in [-0.15, -0.1) is 0 Å². The van der Waals surface area contributed by atoms with Crippen LogP contribution in [0.2, 0.25) is 5.02 Å². The average Bonchev–Trinajstić information content (AvgIpc) is 2.81. The number of amides is 1. The number of halogens is 1. The number of ether oxygens (including phenoxy) is 3. The van der Waals surface area contributed by atoms with Gasteiger partial charge in [0.05, 0.1) is 37.0 Å². The smallest absolute Gasteiger partial charge is 0.227 e. The van der Waals surface area contributed by atoms with Crippen LogP contribution in [0, 0.1) is 0 Å². The molecule has 1 aliphatic rings. The van der Waals surface area contributed by atoms with Crippen LogP contribution < -0.4 is 19.5 Å². The number of anilines is 1. The lowest BCUT2D eigenvalue weighted by Crippen LogP contribution is -2.15. The maximum atomic E-state index is 12.1. The number of fused-ring (bicyclic) bond motifs is 1. The summed E-state index contributed by atoms with van der Waals surface area (Å²) in [4.78, 5) is 12.1. The summed E-state index contributed by atoms with van der Waals surface area (Å²) in [5.74, 6) is 1.75. The molecule has 0 bridgehead atoms. The lowest BCUT2D eigenvalue weighted by molar-refractivity contribution is -0.116. The molecule has 2 aromatic rings. The Morgan fingerprint density at radius 1 is 1.12 bits per heavy atom. The summed E-state index contributed by atoms with van der Waals surface area (Å²) in [6.45, 7) is 1.46. The molecule has 3 rings (SSSR count). The van der Waals surface area contributed by atoms with Gasteiger partial charge in [0.2, 0.25) is 5.91 Å². The van der Waals surface area contributed by atoms with Crippen LogP contribution in [0.3, 0.4) is 0 Å². The lowest BCUT2D eigenvalue weighted by Gasteiger charge is -2.12. The molecule has 1 amide bonds. The minimum atomic E-state index is -0.178. The first kappa shape index (κ1) is 16.5. The Morgan fingerprint density at radius 2 is 1.83 bits per heavy atom. The van der Waals surface area contributed by atoms with Gasteiger partial charge in [-0.2, -0.15) is 0 Å². The summed E-state index contributed by atoms with van der Waals surface area (Å²) >= 11 is 6.21. The second-order valence-corrected chi connectivity index (χ2v) is 5.70. The van der Waals surface area contributed by atoms with Crippen LogP contribution in [-0.2, 0) is 4.79 Å². The van der Waals surface area contributed by atoms with Crippen LogP contribution >= 0.6 is 11.6 Å². The quantitative estimate of drug-likeness (QED) is 0.891. The SMILES string of the molecule is O=C(CCOc1ccccc1)Nc1cc2c(cc1Cl)OCCCO2. The van der Waals surface area contributed by atoms with Gasteiger partial charge in [-0.05, 0) is 12.1 Å². The molecule has 0 saturated heterocycles. The molecule has 0 unspecified atom stereocenters. The van der Waals surface area contributed by atoms with Gasteiger partial charge in [0.15, 0.2) is 11.5 Å². The molecule has 0 aliphatic carbocycles.